The number of urea groups is 1. The van der Waals surface area contributed by atoms with Gasteiger partial charge in [-0.2, -0.15) is 0 Å². The average molecular weight is 222 g/mol. The minimum Gasteiger partial charge on any atom is -0.335 e. The van der Waals surface area contributed by atoms with Crippen LogP contribution < -0.4 is 10.6 Å². The molecule has 0 saturated heterocycles. The summed E-state index contributed by atoms with van der Waals surface area (Å²) >= 11 is 0. The fourth-order valence-electron chi connectivity index (χ4n) is 1.63. The third-order valence-corrected chi connectivity index (χ3v) is 2.89. The highest BCUT2D eigenvalue weighted by atomic mass is 19.1. The number of hydrogen-bond donors (Lipinski definition) is 2. The van der Waals surface area contributed by atoms with E-state index >= 15 is 0 Å². The van der Waals surface area contributed by atoms with Crippen LogP contribution in [0.2, 0.25) is 0 Å². The maximum absolute atomic E-state index is 13.0. The number of hydrogen-bond acceptors (Lipinski definition) is 1. The van der Waals surface area contributed by atoms with E-state index in [4.69, 9.17) is 0 Å². The molecule has 0 radical (unpaired) electrons. The molecule has 0 aromatic heterocycles. The van der Waals surface area contributed by atoms with Gasteiger partial charge in [0.1, 0.15) is 5.82 Å². The number of nitrogens with one attached hydrogen (secondary N) is 2. The van der Waals surface area contributed by atoms with E-state index in [9.17, 15) is 9.18 Å². The van der Waals surface area contributed by atoms with Crippen molar-refractivity contribution in [3.63, 3.8) is 0 Å². The van der Waals surface area contributed by atoms with Crippen LogP contribution in [0.25, 0.3) is 0 Å². The summed E-state index contributed by atoms with van der Waals surface area (Å²) in [6.07, 6.45) is 3.25. The average Bonchev–Trinajstić information content (AvgIpc) is 2.18. The molecule has 0 unspecified atom stereocenters. The van der Waals surface area contributed by atoms with Gasteiger partial charge in [-0.1, -0.05) is 6.07 Å². The molecule has 1 fully saturated rings. The van der Waals surface area contributed by atoms with Crippen molar-refractivity contribution in [2.24, 2.45) is 0 Å². The van der Waals surface area contributed by atoms with Gasteiger partial charge in [-0.3, -0.25) is 0 Å². The van der Waals surface area contributed by atoms with Crippen molar-refractivity contribution >= 4 is 11.7 Å². The molecule has 3 nitrogen and oxygen atoms in total. The van der Waals surface area contributed by atoms with Crippen LogP contribution in [0, 0.1) is 12.7 Å². The Labute approximate surface area is 94.0 Å². The predicted octanol–water partition coefficient (Wildman–Crippen LogP) is 2.81. The molecule has 1 aromatic carbocycles. The monoisotopic (exact) mass is 222 g/mol. The molecule has 0 atom stereocenters. The van der Waals surface area contributed by atoms with Crippen LogP contribution in [0.1, 0.15) is 24.8 Å². The number of amides is 2. The van der Waals surface area contributed by atoms with Crippen molar-refractivity contribution in [2.45, 2.75) is 32.2 Å². The highest BCUT2D eigenvalue weighted by Gasteiger charge is 2.19. The Hall–Kier alpha value is -1.58. The third kappa shape index (κ3) is 2.51. The van der Waals surface area contributed by atoms with E-state index < -0.39 is 0 Å². The molecule has 16 heavy (non-hydrogen) atoms. The second kappa shape index (κ2) is 4.51. The van der Waals surface area contributed by atoms with Gasteiger partial charge in [-0.05, 0) is 43.9 Å². The summed E-state index contributed by atoms with van der Waals surface area (Å²) in [5.74, 6) is -0.343. The molecule has 0 spiro atoms. The first-order valence-electron chi connectivity index (χ1n) is 5.49. The van der Waals surface area contributed by atoms with Gasteiger partial charge in [-0.15, -0.1) is 0 Å². The topological polar surface area (TPSA) is 41.1 Å². The van der Waals surface area contributed by atoms with Crippen LogP contribution in [0.5, 0.6) is 0 Å². The van der Waals surface area contributed by atoms with Crippen molar-refractivity contribution in [2.75, 3.05) is 5.32 Å². The Balaban J connectivity index is 1.96. The lowest BCUT2D eigenvalue weighted by atomic mass is 9.93. The van der Waals surface area contributed by atoms with Crippen molar-refractivity contribution in [1.29, 1.82) is 0 Å². The molecule has 86 valence electrons. The van der Waals surface area contributed by atoms with Crippen molar-refractivity contribution in [3.8, 4) is 0 Å². The summed E-state index contributed by atoms with van der Waals surface area (Å²) < 4.78 is 13.0. The summed E-state index contributed by atoms with van der Waals surface area (Å²) in [5.41, 5.74) is 1.38. The quantitative estimate of drug-likeness (QED) is 0.793. The molecule has 0 heterocycles. The van der Waals surface area contributed by atoms with Gasteiger partial charge < -0.3 is 10.6 Å². The lowest BCUT2D eigenvalue weighted by molar-refractivity contribution is 0.240. The van der Waals surface area contributed by atoms with Crippen LogP contribution in [-0.4, -0.2) is 12.1 Å². The number of anilines is 1. The van der Waals surface area contributed by atoms with Gasteiger partial charge in [0.25, 0.3) is 0 Å². The lowest BCUT2D eigenvalue weighted by Crippen LogP contribution is -2.41. The standard InChI is InChI=1S/C12H15FN2O/c1-8-5-6-9(13)7-11(8)15-12(16)14-10-3-2-4-10/h5-7,10H,2-4H2,1H3,(H2,14,15,16). The number of benzene rings is 1. The molecule has 2 rings (SSSR count). The molecular weight excluding hydrogens is 207 g/mol. The van der Waals surface area contributed by atoms with Gasteiger partial charge in [0.15, 0.2) is 0 Å². The Kier molecular flexibility index (Phi) is 3.08. The first-order chi connectivity index (χ1) is 7.65. The Morgan fingerprint density at radius 2 is 2.19 bits per heavy atom. The summed E-state index contributed by atoms with van der Waals surface area (Å²) in [6.45, 7) is 1.83. The van der Waals surface area contributed by atoms with Crippen molar-refractivity contribution < 1.29 is 9.18 Å². The normalized spacial score (nSPS) is 15.4. The van der Waals surface area contributed by atoms with Crippen LogP contribution in [0.15, 0.2) is 18.2 Å². The third-order valence-electron chi connectivity index (χ3n) is 2.89. The fourth-order valence-corrected chi connectivity index (χ4v) is 1.63. The van der Waals surface area contributed by atoms with E-state index in [-0.39, 0.29) is 17.9 Å². The van der Waals surface area contributed by atoms with Gasteiger partial charge >= 0.3 is 6.03 Å². The lowest BCUT2D eigenvalue weighted by Gasteiger charge is -2.26. The van der Waals surface area contributed by atoms with Gasteiger partial charge in [-0.25, -0.2) is 9.18 Å². The zero-order valence-electron chi connectivity index (χ0n) is 9.22. The minimum atomic E-state index is -0.343. The maximum Gasteiger partial charge on any atom is 0.319 e. The molecule has 4 heteroatoms. The zero-order valence-corrected chi connectivity index (χ0v) is 9.22. The number of halogens is 1. The van der Waals surface area contributed by atoms with E-state index in [1.54, 1.807) is 6.07 Å². The first-order valence-corrected chi connectivity index (χ1v) is 5.49. The van der Waals surface area contributed by atoms with E-state index in [2.05, 4.69) is 10.6 Å². The number of aryl methyl sites for hydroxylation is 1. The maximum atomic E-state index is 13.0. The van der Waals surface area contributed by atoms with Crippen LogP contribution >= 0.6 is 0 Å². The number of carbonyl (C=O) groups excluding carboxylic acids is 1. The molecule has 1 saturated carbocycles. The number of carbonyl (C=O) groups is 1. The second-order valence-electron chi connectivity index (χ2n) is 4.19. The molecule has 2 amide bonds. The van der Waals surface area contributed by atoms with Gasteiger partial charge in [0, 0.05) is 11.7 Å². The first kappa shape index (κ1) is 10.9. The van der Waals surface area contributed by atoms with Crippen LogP contribution in [0.3, 0.4) is 0 Å². The van der Waals surface area contributed by atoms with E-state index in [0.29, 0.717) is 5.69 Å². The molecule has 1 aromatic rings. The molecule has 2 N–H and O–H groups in total. The van der Waals surface area contributed by atoms with E-state index in [1.165, 1.54) is 18.6 Å². The summed E-state index contributed by atoms with van der Waals surface area (Å²) in [5, 5.41) is 5.50. The SMILES string of the molecule is Cc1ccc(F)cc1NC(=O)NC1CCC1. The molecule has 1 aliphatic rings. The molecule has 1 aliphatic carbocycles. The van der Waals surface area contributed by atoms with Crippen LogP contribution in [0.4, 0.5) is 14.9 Å². The van der Waals surface area contributed by atoms with Gasteiger partial charge in [0.2, 0.25) is 0 Å². The Morgan fingerprint density at radius 3 is 2.81 bits per heavy atom. The molecular formula is C12H15FN2O. The molecule has 0 aliphatic heterocycles. The summed E-state index contributed by atoms with van der Waals surface area (Å²) in [6, 6.07) is 4.39. The summed E-state index contributed by atoms with van der Waals surface area (Å²) in [4.78, 5) is 11.5. The Bertz CT molecular complexity index is 402. The highest BCUT2D eigenvalue weighted by molar-refractivity contribution is 5.90. The second-order valence-corrected chi connectivity index (χ2v) is 4.19. The van der Waals surface area contributed by atoms with Crippen molar-refractivity contribution in [3.05, 3.63) is 29.6 Å². The predicted molar refractivity (Wildman–Crippen MR) is 60.9 cm³/mol. The molecule has 0 bridgehead atoms. The van der Waals surface area contributed by atoms with E-state index in [1.807, 2.05) is 6.92 Å². The smallest absolute Gasteiger partial charge is 0.319 e. The minimum absolute atomic E-state index is 0.251. The van der Waals surface area contributed by atoms with Gasteiger partial charge in [0.05, 0.1) is 0 Å². The Morgan fingerprint density at radius 1 is 1.44 bits per heavy atom. The number of rotatable bonds is 2. The van der Waals surface area contributed by atoms with Crippen molar-refractivity contribution in [1.82, 2.24) is 5.32 Å². The van der Waals surface area contributed by atoms with Crippen LogP contribution in [-0.2, 0) is 0 Å². The summed E-state index contributed by atoms with van der Waals surface area (Å²) in [7, 11) is 0. The zero-order chi connectivity index (χ0) is 11.5. The largest absolute Gasteiger partial charge is 0.335 e. The highest BCUT2D eigenvalue weighted by Crippen LogP contribution is 2.19. The fraction of sp³-hybridized carbons (Fsp3) is 0.417. The van der Waals surface area contributed by atoms with E-state index in [0.717, 1.165) is 18.4 Å².